The van der Waals surface area contributed by atoms with Crippen LogP contribution < -0.4 is 10.6 Å². The Morgan fingerprint density at radius 1 is 1.19 bits per heavy atom. The molecule has 0 radical (unpaired) electrons. The number of hydrogen-bond acceptors (Lipinski definition) is 3. The number of likely N-dealkylation sites (tertiary alicyclic amines) is 1. The summed E-state index contributed by atoms with van der Waals surface area (Å²) in [4.78, 5) is 6.14. The van der Waals surface area contributed by atoms with Crippen LogP contribution in [0.4, 0.5) is 13.2 Å². The third-order valence-corrected chi connectivity index (χ3v) is 6.01. The molecule has 0 aromatic heterocycles. The number of halogens is 3. The van der Waals surface area contributed by atoms with Gasteiger partial charge in [0.25, 0.3) is 0 Å². The lowest BCUT2D eigenvalue weighted by atomic mass is 9.89. The Labute approximate surface area is 183 Å². The molecule has 174 valence electrons. The zero-order valence-electron chi connectivity index (χ0n) is 18.5. The molecule has 3 rings (SSSR count). The van der Waals surface area contributed by atoms with Crippen LogP contribution in [0, 0.1) is 18.8 Å². The SMILES string of the molecule is CCNC(=NCC1CCN(CC(F)(F)F)C1)NCC1CCCOC1c1ccc(C)cc1. The third kappa shape index (κ3) is 7.68. The Hall–Kier alpha value is -1.80. The summed E-state index contributed by atoms with van der Waals surface area (Å²) in [6, 6.07) is 8.52. The van der Waals surface area contributed by atoms with Gasteiger partial charge in [0.1, 0.15) is 0 Å². The number of nitrogens with one attached hydrogen (secondary N) is 2. The minimum absolute atomic E-state index is 0.0653. The summed E-state index contributed by atoms with van der Waals surface area (Å²) >= 11 is 0. The molecule has 0 aliphatic carbocycles. The second-order valence-corrected chi connectivity index (χ2v) is 8.71. The Morgan fingerprint density at radius 2 is 1.97 bits per heavy atom. The van der Waals surface area contributed by atoms with Gasteiger partial charge in [0, 0.05) is 38.7 Å². The Morgan fingerprint density at radius 3 is 2.68 bits per heavy atom. The first-order valence-corrected chi connectivity index (χ1v) is 11.3. The highest BCUT2D eigenvalue weighted by atomic mass is 19.4. The van der Waals surface area contributed by atoms with E-state index in [-0.39, 0.29) is 12.0 Å². The Kier molecular flexibility index (Phi) is 8.60. The van der Waals surface area contributed by atoms with Crippen molar-refractivity contribution < 1.29 is 17.9 Å². The molecule has 31 heavy (non-hydrogen) atoms. The van der Waals surface area contributed by atoms with Gasteiger partial charge in [-0.2, -0.15) is 13.2 Å². The molecule has 8 heteroatoms. The van der Waals surface area contributed by atoms with Gasteiger partial charge < -0.3 is 15.4 Å². The number of rotatable bonds is 7. The van der Waals surface area contributed by atoms with E-state index in [0.29, 0.717) is 25.6 Å². The average molecular weight is 441 g/mol. The quantitative estimate of drug-likeness (QED) is 0.499. The number of aliphatic imine (C=N–C) groups is 1. The van der Waals surface area contributed by atoms with E-state index in [9.17, 15) is 13.2 Å². The fourth-order valence-corrected chi connectivity index (χ4v) is 4.43. The summed E-state index contributed by atoms with van der Waals surface area (Å²) in [7, 11) is 0. The third-order valence-electron chi connectivity index (χ3n) is 6.01. The normalized spacial score (nSPS) is 25.6. The fourth-order valence-electron chi connectivity index (χ4n) is 4.43. The number of benzene rings is 1. The molecule has 2 heterocycles. The first-order valence-electron chi connectivity index (χ1n) is 11.3. The second-order valence-electron chi connectivity index (χ2n) is 8.71. The Bertz CT molecular complexity index is 708. The number of nitrogens with zero attached hydrogens (tertiary/aromatic N) is 2. The van der Waals surface area contributed by atoms with E-state index >= 15 is 0 Å². The number of ether oxygens (including phenoxy) is 1. The molecule has 2 aliphatic heterocycles. The number of hydrogen-bond donors (Lipinski definition) is 2. The van der Waals surface area contributed by atoms with Crippen molar-refractivity contribution in [3.8, 4) is 0 Å². The van der Waals surface area contributed by atoms with Crippen LogP contribution in [0.3, 0.4) is 0 Å². The zero-order valence-corrected chi connectivity index (χ0v) is 18.5. The average Bonchev–Trinajstić information content (AvgIpc) is 3.16. The van der Waals surface area contributed by atoms with Crippen LogP contribution in [0.5, 0.6) is 0 Å². The minimum atomic E-state index is -4.13. The predicted octanol–water partition coefficient (Wildman–Crippen LogP) is 3.90. The minimum Gasteiger partial charge on any atom is -0.373 e. The second kappa shape index (κ2) is 11.2. The van der Waals surface area contributed by atoms with Crippen molar-refractivity contribution in [2.45, 2.75) is 45.4 Å². The van der Waals surface area contributed by atoms with Crippen LogP contribution >= 0.6 is 0 Å². The van der Waals surface area contributed by atoms with E-state index in [2.05, 4.69) is 46.8 Å². The number of aryl methyl sites for hydroxylation is 1. The molecule has 2 fully saturated rings. The maximum Gasteiger partial charge on any atom is 0.401 e. The van der Waals surface area contributed by atoms with Crippen molar-refractivity contribution in [1.82, 2.24) is 15.5 Å². The molecular weight excluding hydrogens is 405 g/mol. The Balaban J connectivity index is 1.53. The topological polar surface area (TPSA) is 48.9 Å². The first-order chi connectivity index (χ1) is 14.8. The van der Waals surface area contributed by atoms with Gasteiger partial charge in [-0.3, -0.25) is 9.89 Å². The van der Waals surface area contributed by atoms with Crippen molar-refractivity contribution in [3.05, 3.63) is 35.4 Å². The maximum atomic E-state index is 12.6. The van der Waals surface area contributed by atoms with Gasteiger partial charge in [-0.15, -0.1) is 0 Å². The lowest BCUT2D eigenvalue weighted by Crippen LogP contribution is -2.42. The summed E-state index contributed by atoms with van der Waals surface area (Å²) in [6.45, 7) is 7.00. The first kappa shape index (κ1) is 23.9. The van der Waals surface area contributed by atoms with E-state index in [0.717, 1.165) is 44.9 Å². The van der Waals surface area contributed by atoms with E-state index in [4.69, 9.17) is 4.74 Å². The molecular formula is C23H35F3N4O. The molecule has 0 bridgehead atoms. The van der Waals surface area contributed by atoms with Crippen molar-refractivity contribution in [1.29, 1.82) is 0 Å². The molecule has 0 saturated carbocycles. The van der Waals surface area contributed by atoms with Crippen LogP contribution in [0.25, 0.3) is 0 Å². The number of alkyl halides is 3. The molecule has 5 nitrogen and oxygen atoms in total. The van der Waals surface area contributed by atoms with E-state index < -0.39 is 12.7 Å². The molecule has 0 amide bonds. The number of guanidine groups is 1. The molecule has 3 atom stereocenters. The van der Waals surface area contributed by atoms with Crippen LogP contribution in [-0.2, 0) is 4.74 Å². The summed E-state index contributed by atoms with van der Waals surface area (Å²) < 4.78 is 43.9. The van der Waals surface area contributed by atoms with Gasteiger partial charge in [-0.1, -0.05) is 29.8 Å². The van der Waals surface area contributed by atoms with E-state index in [1.807, 2.05) is 6.92 Å². The van der Waals surface area contributed by atoms with E-state index in [1.165, 1.54) is 16.0 Å². The van der Waals surface area contributed by atoms with Gasteiger partial charge in [-0.25, -0.2) is 0 Å². The molecule has 0 spiro atoms. The van der Waals surface area contributed by atoms with Crippen LogP contribution in [0.2, 0.25) is 0 Å². The predicted molar refractivity (Wildman–Crippen MR) is 117 cm³/mol. The molecule has 2 N–H and O–H groups in total. The molecule has 1 aromatic carbocycles. The van der Waals surface area contributed by atoms with Gasteiger partial charge in [0.05, 0.1) is 12.6 Å². The molecule has 2 saturated heterocycles. The monoisotopic (exact) mass is 440 g/mol. The zero-order chi connectivity index (χ0) is 22.3. The molecule has 1 aromatic rings. The van der Waals surface area contributed by atoms with Crippen molar-refractivity contribution in [2.24, 2.45) is 16.8 Å². The summed E-state index contributed by atoms with van der Waals surface area (Å²) in [6.07, 6.45) is -1.19. The van der Waals surface area contributed by atoms with Crippen molar-refractivity contribution >= 4 is 5.96 Å². The lowest BCUT2D eigenvalue weighted by molar-refractivity contribution is -0.143. The smallest absolute Gasteiger partial charge is 0.373 e. The van der Waals surface area contributed by atoms with Gasteiger partial charge in [-0.05, 0) is 51.1 Å². The van der Waals surface area contributed by atoms with E-state index in [1.54, 1.807) is 0 Å². The van der Waals surface area contributed by atoms with Crippen LogP contribution in [0.15, 0.2) is 29.3 Å². The standard InChI is InChI=1S/C23H35F3N4O/c1-3-27-22(28-13-18-10-11-30(15-18)16-23(24,25)26)29-14-20-5-4-12-31-21(20)19-8-6-17(2)7-9-19/h6-9,18,20-21H,3-5,10-16H2,1-2H3,(H2,27,28,29). The fraction of sp³-hybridized carbons (Fsp3) is 0.696. The van der Waals surface area contributed by atoms with Crippen molar-refractivity contribution in [2.75, 3.05) is 45.9 Å². The summed E-state index contributed by atoms with van der Waals surface area (Å²) in [5.74, 6) is 1.23. The highest BCUT2D eigenvalue weighted by molar-refractivity contribution is 5.79. The maximum absolute atomic E-state index is 12.6. The van der Waals surface area contributed by atoms with Crippen LogP contribution in [-0.4, -0.2) is 62.9 Å². The molecule has 2 aliphatic rings. The van der Waals surface area contributed by atoms with Crippen molar-refractivity contribution in [3.63, 3.8) is 0 Å². The largest absolute Gasteiger partial charge is 0.401 e. The van der Waals surface area contributed by atoms with Gasteiger partial charge in [0.2, 0.25) is 0 Å². The molecule has 3 unspecified atom stereocenters. The highest BCUT2D eigenvalue weighted by Gasteiger charge is 2.34. The van der Waals surface area contributed by atoms with Crippen LogP contribution in [0.1, 0.15) is 43.4 Å². The summed E-state index contributed by atoms with van der Waals surface area (Å²) in [5.41, 5.74) is 2.44. The van der Waals surface area contributed by atoms with Gasteiger partial charge >= 0.3 is 6.18 Å². The summed E-state index contributed by atoms with van der Waals surface area (Å²) in [5, 5.41) is 6.70. The van der Waals surface area contributed by atoms with Gasteiger partial charge in [0.15, 0.2) is 5.96 Å². The highest BCUT2D eigenvalue weighted by Crippen LogP contribution is 2.33. The lowest BCUT2D eigenvalue weighted by Gasteiger charge is -2.32.